The van der Waals surface area contributed by atoms with Crippen LogP contribution in [0.2, 0.25) is 5.28 Å². The Labute approximate surface area is 123 Å². The first kappa shape index (κ1) is 13.2. The van der Waals surface area contributed by atoms with Crippen molar-refractivity contribution in [3.8, 4) is 0 Å². The molecule has 2 aromatic rings. The van der Waals surface area contributed by atoms with E-state index in [1.165, 1.54) is 24.9 Å². The SMILES string of the molecule is Clc1nccc(Nc2ccc(N3CCCCC3)cc2)n1. The molecule has 4 nitrogen and oxygen atoms in total. The molecule has 1 aromatic carbocycles. The molecule has 3 rings (SSSR count). The first-order chi connectivity index (χ1) is 9.81. The van der Waals surface area contributed by atoms with Crippen LogP contribution in [0.3, 0.4) is 0 Å². The minimum Gasteiger partial charge on any atom is -0.372 e. The van der Waals surface area contributed by atoms with E-state index in [0.29, 0.717) is 5.82 Å². The largest absolute Gasteiger partial charge is 0.372 e. The summed E-state index contributed by atoms with van der Waals surface area (Å²) in [5, 5.41) is 3.47. The van der Waals surface area contributed by atoms with E-state index in [2.05, 4.69) is 44.5 Å². The van der Waals surface area contributed by atoms with E-state index in [9.17, 15) is 0 Å². The van der Waals surface area contributed by atoms with E-state index in [4.69, 9.17) is 11.6 Å². The highest BCUT2D eigenvalue weighted by molar-refractivity contribution is 6.28. The molecular formula is C15H17ClN4. The highest BCUT2D eigenvalue weighted by Crippen LogP contribution is 2.23. The van der Waals surface area contributed by atoms with E-state index < -0.39 is 0 Å². The molecule has 104 valence electrons. The summed E-state index contributed by atoms with van der Waals surface area (Å²) in [6.07, 6.45) is 5.57. The average Bonchev–Trinajstić information content (AvgIpc) is 2.49. The first-order valence-corrected chi connectivity index (χ1v) is 7.30. The molecule has 1 aliphatic rings. The van der Waals surface area contributed by atoms with E-state index in [0.717, 1.165) is 18.8 Å². The van der Waals surface area contributed by atoms with Gasteiger partial charge in [-0.05, 0) is 61.2 Å². The molecule has 1 saturated heterocycles. The molecular weight excluding hydrogens is 272 g/mol. The summed E-state index contributed by atoms with van der Waals surface area (Å²) in [5.41, 5.74) is 2.29. The Balaban J connectivity index is 1.69. The number of halogens is 1. The third-order valence-corrected chi connectivity index (χ3v) is 3.67. The van der Waals surface area contributed by atoms with Gasteiger partial charge in [-0.25, -0.2) is 9.97 Å². The summed E-state index contributed by atoms with van der Waals surface area (Å²) in [6, 6.07) is 10.2. The zero-order valence-electron chi connectivity index (χ0n) is 11.2. The smallest absolute Gasteiger partial charge is 0.224 e. The molecule has 20 heavy (non-hydrogen) atoms. The predicted molar refractivity (Wildman–Crippen MR) is 82.8 cm³/mol. The van der Waals surface area contributed by atoms with Crippen LogP contribution in [0, 0.1) is 0 Å². The van der Waals surface area contributed by atoms with Gasteiger partial charge < -0.3 is 10.2 Å². The van der Waals surface area contributed by atoms with Crippen molar-refractivity contribution < 1.29 is 0 Å². The Bertz CT molecular complexity index is 564. The zero-order valence-corrected chi connectivity index (χ0v) is 12.0. The minimum absolute atomic E-state index is 0.250. The second kappa shape index (κ2) is 6.09. The van der Waals surface area contributed by atoms with Crippen molar-refractivity contribution in [2.24, 2.45) is 0 Å². The molecule has 5 heteroatoms. The van der Waals surface area contributed by atoms with E-state index in [-0.39, 0.29) is 5.28 Å². The van der Waals surface area contributed by atoms with E-state index in [1.54, 1.807) is 12.3 Å². The standard InChI is InChI=1S/C15H17ClN4/c16-15-17-9-8-14(19-15)18-12-4-6-13(7-5-12)20-10-2-1-3-11-20/h4-9H,1-3,10-11H2,(H,17,18,19). The molecule has 0 spiro atoms. The summed E-state index contributed by atoms with van der Waals surface area (Å²) in [7, 11) is 0. The Kier molecular flexibility index (Phi) is 4.02. The van der Waals surface area contributed by atoms with Crippen molar-refractivity contribution in [3.05, 3.63) is 41.8 Å². The molecule has 1 aromatic heterocycles. The Morgan fingerprint density at radius 1 is 1.00 bits per heavy atom. The highest BCUT2D eigenvalue weighted by Gasteiger charge is 2.10. The fourth-order valence-corrected chi connectivity index (χ4v) is 2.61. The van der Waals surface area contributed by atoms with Gasteiger partial charge in [-0.3, -0.25) is 0 Å². The third kappa shape index (κ3) is 3.20. The average molecular weight is 289 g/mol. The first-order valence-electron chi connectivity index (χ1n) is 6.92. The predicted octanol–water partition coefficient (Wildman–Crippen LogP) is 3.86. The Morgan fingerprint density at radius 2 is 1.75 bits per heavy atom. The van der Waals surface area contributed by atoms with Gasteiger partial charge in [-0.1, -0.05) is 0 Å². The van der Waals surface area contributed by atoms with E-state index >= 15 is 0 Å². The van der Waals surface area contributed by atoms with Crippen LogP contribution in [0.4, 0.5) is 17.2 Å². The summed E-state index contributed by atoms with van der Waals surface area (Å²) in [5.74, 6) is 0.704. The highest BCUT2D eigenvalue weighted by atomic mass is 35.5. The van der Waals surface area contributed by atoms with Crippen LogP contribution in [0.15, 0.2) is 36.5 Å². The summed E-state index contributed by atoms with van der Waals surface area (Å²) < 4.78 is 0. The minimum atomic E-state index is 0.250. The van der Waals surface area contributed by atoms with Crippen molar-refractivity contribution in [3.63, 3.8) is 0 Å². The fraction of sp³-hybridized carbons (Fsp3) is 0.333. The maximum absolute atomic E-state index is 5.77. The monoisotopic (exact) mass is 288 g/mol. The number of nitrogens with zero attached hydrogens (tertiary/aromatic N) is 3. The number of hydrogen-bond acceptors (Lipinski definition) is 4. The van der Waals surface area contributed by atoms with E-state index in [1.807, 2.05) is 0 Å². The van der Waals surface area contributed by atoms with Gasteiger partial charge in [0, 0.05) is 30.7 Å². The molecule has 0 amide bonds. The van der Waals surface area contributed by atoms with Crippen LogP contribution in [0.5, 0.6) is 0 Å². The summed E-state index contributed by atoms with van der Waals surface area (Å²) in [6.45, 7) is 2.32. The molecule has 0 aliphatic carbocycles. The van der Waals surface area contributed by atoms with Gasteiger partial charge in [0.1, 0.15) is 5.82 Å². The zero-order chi connectivity index (χ0) is 13.8. The fourth-order valence-electron chi connectivity index (χ4n) is 2.46. The van der Waals surface area contributed by atoms with Crippen LogP contribution in [-0.2, 0) is 0 Å². The summed E-state index contributed by atoms with van der Waals surface area (Å²) >= 11 is 5.77. The number of piperidine rings is 1. The second-order valence-electron chi connectivity index (χ2n) is 4.93. The molecule has 0 radical (unpaired) electrons. The Hall–Kier alpha value is -1.81. The third-order valence-electron chi connectivity index (χ3n) is 3.49. The lowest BCUT2D eigenvalue weighted by molar-refractivity contribution is 0.578. The van der Waals surface area contributed by atoms with Crippen LogP contribution in [-0.4, -0.2) is 23.1 Å². The lowest BCUT2D eigenvalue weighted by atomic mass is 10.1. The molecule has 2 heterocycles. The topological polar surface area (TPSA) is 41.1 Å². The van der Waals surface area contributed by atoms with Gasteiger partial charge in [0.15, 0.2) is 0 Å². The number of nitrogens with one attached hydrogen (secondary N) is 1. The summed E-state index contributed by atoms with van der Waals surface area (Å²) in [4.78, 5) is 10.4. The number of aromatic nitrogens is 2. The number of anilines is 3. The van der Waals surface area contributed by atoms with Crippen LogP contribution in [0.1, 0.15) is 19.3 Å². The maximum atomic E-state index is 5.77. The van der Waals surface area contributed by atoms with Crippen molar-refractivity contribution in [1.29, 1.82) is 0 Å². The van der Waals surface area contributed by atoms with Gasteiger partial charge >= 0.3 is 0 Å². The molecule has 1 aliphatic heterocycles. The number of benzene rings is 1. The lowest BCUT2D eigenvalue weighted by Gasteiger charge is -2.28. The Morgan fingerprint density at radius 3 is 2.45 bits per heavy atom. The van der Waals surface area contributed by atoms with Gasteiger partial charge in [0.05, 0.1) is 0 Å². The lowest BCUT2D eigenvalue weighted by Crippen LogP contribution is -2.29. The quantitative estimate of drug-likeness (QED) is 0.871. The van der Waals surface area contributed by atoms with Gasteiger partial charge in [-0.2, -0.15) is 0 Å². The molecule has 0 saturated carbocycles. The molecule has 0 atom stereocenters. The van der Waals surface area contributed by atoms with Crippen molar-refractivity contribution in [2.45, 2.75) is 19.3 Å². The molecule has 1 fully saturated rings. The number of hydrogen-bond donors (Lipinski definition) is 1. The molecule has 1 N–H and O–H groups in total. The van der Waals surface area contributed by atoms with Crippen LogP contribution < -0.4 is 10.2 Å². The second-order valence-corrected chi connectivity index (χ2v) is 5.27. The van der Waals surface area contributed by atoms with Crippen LogP contribution >= 0.6 is 11.6 Å². The number of rotatable bonds is 3. The molecule has 0 bridgehead atoms. The van der Waals surface area contributed by atoms with Gasteiger partial charge in [-0.15, -0.1) is 0 Å². The van der Waals surface area contributed by atoms with Gasteiger partial charge in [0.25, 0.3) is 0 Å². The maximum Gasteiger partial charge on any atom is 0.224 e. The van der Waals surface area contributed by atoms with Crippen molar-refractivity contribution >= 4 is 28.8 Å². The van der Waals surface area contributed by atoms with Crippen molar-refractivity contribution in [1.82, 2.24) is 9.97 Å². The van der Waals surface area contributed by atoms with Crippen LogP contribution in [0.25, 0.3) is 0 Å². The normalized spacial score (nSPS) is 15.2. The molecule has 0 unspecified atom stereocenters. The van der Waals surface area contributed by atoms with Gasteiger partial charge in [0.2, 0.25) is 5.28 Å². The van der Waals surface area contributed by atoms with Crippen molar-refractivity contribution in [2.75, 3.05) is 23.3 Å².